The molecule has 4 aromatic rings. The first-order chi connectivity index (χ1) is 17.8. The van der Waals surface area contributed by atoms with E-state index in [-0.39, 0.29) is 19.1 Å². The quantitative estimate of drug-likeness (QED) is 0.271. The largest absolute Gasteiger partial charge is 0.484 e. The number of anilines is 2. The summed E-state index contributed by atoms with van der Waals surface area (Å²) in [6.45, 7) is -0.156. The minimum atomic E-state index is -3.59. The van der Waals surface area contributed by atoms with Gasteiger partial charge in [0.2, 0.25) is 10.0 Å². The zero-order chi connectivity index (χ0) is 26.3. The van der Waals surface area contributed by atoms with Crippen molar-refractivity contribution in [3.63, 3.8) is 0 Å². The van der Waals surface area contributed by atoms with Crippen LogP contribution in [0.1, 0.15) is 5.56 Å². The fraction of sp³-hybridized carbons (Fsp3) is 0.107. The van der Waals surface area contributed by atoms with Gasteiger partial charge in [-0.1, -0.05) is 54.2 Å². The lowest BCUT2D eigenvalue weighted by Gasteiger charge is -2.23. The minimum absolute atomic E-state index is 0.0577. The summed E-state index contributed by atoms with van der Waals surface area (Å²) in [4.78, 5) is 14.5. The zero-order valence-corrected chi connectivity index (χ0v) is 21.6. The molecular formula is C28H25FN2O4S2. The van der Waals surface area contributed by atoms with Crippen LogP contribution in [0.3, 0.4) is 0 Å². The molecule has 0 bridgehead atoms. The Morgan fingerprint density at radius 2 is 1.54 bits per heavy atom. The van der Waals surface area contributed by atoms with Gasteiger partial charge in [-0.3, -0.25) is 9.10 Å². The van der Waals surface area contributed by atoms with E-state index in [9.17, 15) is 17.6 Å². The molecule has 0 radical (unpaired) electrons. The highest BCUT2D eigenvalue weighted by Gasteiger charge is 2.18. The second kappa shape index (κ2) is 11.9. The molecule has 190 valence electrons. The smallest absolute Gasteiger partial charge is 0.262 e. The van der Waals surface area contributed by atoms with Crippen molar-refractivity contribution in [2.75, 3.05) is 22.5 Å². The molecule has 0 unspecified atom stereocenters. The Labute approximate surface area is 220 Å². The van der Waals surface area contributed by atoms with Gasteiger partial charge in [0.25, 0.3) is 5.91 Å². The highest BCUT2D eigenvalue weighted by Crippen LogP contribution is 2.33. The third kappa shape index (κ3) is 7.58. The van der Waals surface area contributed by atoms with E-state index in [1.807, 2.05) is 54.6 Å². The molecule has 0 saturated carbocycles. The van der Waals surface area contributed by atoms with Crippen LogP contribution in [0.2, 0.25) is 0 Å². The second-order valence-corrected chi connectivity index (χ2v) is 11.2. The number of hydrogen-bond donors (Lipinski definition) is 1. The van der Waals surface area contributed by atoms with E-state index in [0.717, 1.165) is 16.0 Å². The molecule has 4 rings (SSSR count). The van der Waals surface area contributed by atoms with Crippen LogP contribution in [0.15, 0.2) is 113 Å². The van der Waals surface area contributed by atoms with Crippen LogP contribution in [0.25, 0.3) is 0 Å². The lowest BCUT2D eigenvalue weighted by molar-refractivity contribution is -0.118. The Morgan fingerprint density at radius 1 is 0.892 bits per heavy atom. The number of hydrogen-bond acceptors (Lipinski definition) is 5. The van der Waals surface area contributed by atoms with Crippen LogP contribution < -0.4 is 14.4 Å². The topological polar surface area (TPSA) is 75.7 Å². The van der Waals surface area contributed by atoms with E-state index in [4.69, 9.17) is 4.74 Å². The molecule has 0 aliphatic rings. The molecule has 1 N–H and O–H groups in total. The van der Waals surface area contributed by atoms with Crippen LogP contribution in [0.4, 0.5) is 15.8 Å². The van der Waals surface area contributed by atoms with Gasteiger partial charge in [0.1, 0.15) is 11.6 Å². The molecule has 0 saturated heterocycles. The highest BCUT2D eigenvalue weighted by atomic mass is 32.2. The normalized spacial score (nSPS) is 11.1. The Kier molecular flexibility index (Phi) is 8.47. The van der Waals surface area contributed by atoms with Gasteiger partial charge in [-0.05, 0) is 66.2 Å². The minimum Gasteiger partial charge on any atom is -0.484 e. The first kappa shape index (κ1) is 26.2. The van der Waals surface area contributed by atoms with Crippen molar-refractivity contribution in [2.24, 2.45) is 0 Å². The summed E-state index contributed by atoms with van der Waals surface area (Å²) in [6.07, 6.45) is 1.11. The molecule has 1 amide bonds. The van der Waals surface area contributed by atoms with E-state index in [1.165, 1.54) is 16.4 Å². The summed E-state index contributed by atoms with van der Waals surface area (Å²) >= 11 is 1.55. The van der Waals surface area contributed by atoms with Crippen LogP contribution in [0.5, 0.6) is 5.75 Å². The van der Waals surface area contributed by atoms with Crippen molar-refractivity contribution in [1.29, 1.82) is 0 Å². The maximum Gasteiger partial charge on any atom is 0.262 e. The number of benzene rings is 4. The van der Waals surface area contributed by atoms with E-state index in [2.05, 4.69) is 5.32 Å². The highest BCUT2D eigenvalue weighted by molar-refractivity contribution is 7.99. The molecule has 37 heavy (non-hydrogen) atoms. The molecule has 0 spiro atoms. The van der Waals surface area contributed by atoms with Crippen LogP contribution in [0, 0.1) is 5.82 Å². The van der Waals surface area contributed by atoms with Gasteiger partial charge in [-0.25, -0.2) is 12.8 Å². The Morgan fingerprint density at radius 3 is 2.22 bits per heavy atom. The maximum absolute atomic E-state index is 13.2. The third-order valence-corrected chi connectivity index (χ3v) is 7.49. The van der Waals surface area contributed by atoms with Crippen LogP contribution in [-0.2, 0) is 21.4 Å². The number of carbonyl (C=O) groups excluding carboxylic acids is 1. The van der Waals surface area contributed by atoms with E-state index in [0.29, 0.717) is 22.7 Å². The Bertz CT molecular complexity index is 1450. The van der Waals surface area contributed by atoms with Crippen molar-refractivity contribution >= 4 is 39.1 Å². The number of ether oxygens (including phenoxy) is 1. The van der Waals surface area contributed by atoms with Crippen molar-refractivity contribution in [2.45, 2.75) is 16.3 Å². The van der Waals surface area contributed by atoms with Gasteiger partial charge in [-0.2, -0.15) is 0 Å². The number of nitrogens with one attached hydrogen (secondary N) is 1. The summed E-state index contributed by atoms with van der Waals surface area (Å²) in [5, 5.41) is 2.88. The van der Waals surface area contributed by atoms with Gasteiger partial charge in [-0.15, -0.1) is 0 Å². The molecule has 0 aliphatic heterocycles. The summed E-state index contributed by atoms with van der Waals surface area (Å²) in [5.74, 6) is -0.293. The molecule has 0 atom stereocenters. The molecule has 0 aliphatic carbocycles. The molecule has 9 heteroatoms. The SMILES string of the molecule is CS(=O)(=O)N(Cc1ccc(F)cc1)c1ccc(OCC(=O)Nc2ccccc2Sc2ccccc2)cc1. The van der Waals surface area contributed by atoms with E-state index < -0.39 is 15.8 Å². The van der Waals surface area contributed by atoms with Crippen LogP contribution in [-0.4, -0.2) is 27.2 Å². The number of halogens is 1. The van der Waals surface area contributed by atoms with Crippen LogP contribution >= 0.6 is 11.8 Å². The summed E-state index contributed by atoms with van der Waals surface area (Å²) in [7, 11) is -3.59. The number of para-hydroxylation sites is 1. The molecule has 6 nitrogen and oxygen atoms in total. The monoisotopic (exact) mass is 536 g/mol. The predicted molar refractivity (Wildman–Crippen MR) is 145 cm³/mol. The molecule has 0 aromatic heterocycles. The Hall–Kier alpha value is -3.82. The van der Waals surface area contributed by atoms with Gasteiger partial charge in [0.05, 0.1) is 24.2 Å². The molecule has 0 heterocycles. The van der Waals surface area contributed by atoms with Gasteiger partial charge < -0.3 is 10.1 Å². The number of carbonyl (C=O) groups is 1. The number of rotatable bonds is 10. The zero-order valence-electron chi connectivity index (χ0n) is 20.0. The van der Waals surface area contributed by atoms with Crippen molar-refractivity contribution in [3.8, 4) is 5.75 Å². The molecular weight excluding hydrogens is 511 g/mol. The summed E-state index contributed by atoms with van der Waals surface area (Å²) in [5.41, 5.74) is 1.76. The number of amides is 1. The lowest BCUT2D eigenvalue weighted by Crippen LogP contribution is -2.29. The summed E-state index contributed by atoms with van der Waals surface area (Å²) in [6, 6.07) is 29.5. The number of nitrogens with zero attached hydrogens (tertiary/aromatic N) is 1. The van der Waals surface area contributed by atoms with Gasteiger partial charge in [0, 0.05) is 9.79 Å². The van der Waals surface area contributed by atoms with Crippen molar-refractivity contribution in [1.82, 2.24) is 0 Å². The maximum atomic E-state index is 13.2. The average molecular weight is 537 g/mol. The van der Waals surface area contributed by atoms with E-state index >= 15 is 0 Å². The van der Waals surface area contributed by atoms with Crippen molar-refractivity contribution < 1.29 is 22.3 Å². The second-order valence-electron chi connectivity index (χ2n) is 8.14. The molecule has 0 fully saturated rings. The van der Waals surface area contributed by atoms with Gasteiger partial charge >= 0.3 is 0 Å². The fourth-order valence-electron chi connectivity index (χ4n) is 3.47. The first-order valence-electron chi connectivity index (χ1n) is 11.3. The fourth-order valence-corrected chi connectivity index (χ4v) is 5.28. The predicted octanol–water partition coefficient (Wildman–Crippen LogP) is 5.96. The lowest BCUT2D eigenvalue weighted by atomic mass is 10.2. The Balaban J connectivity index is 1.37. The first-order valence-corrected chi connectivity index (χ1v) is 14.0. The standard InChI is InChI=1S/C28H25FN2O4S2/c1-37(33,34)31(19-21-11-13-22(29)14-12-21)23-15-17-24(18-16-23)35-20-28(32)30-26-9-5-6-10-27(26)36-25-7-3-2-4-8-25/h2-18H,19-20H2,1H3,(H,30,32). The summed E-state index contributed by atoms with van der Waals surface area (Å²) < 4.78 is 44.8. The third-order valence-electron chi connectivity index (χ3n) is 5.27. The van der Waals surface area contributed by atoms with Crippen molar-refractivity contribution in [3.05, 3.63) is 115 Å². The average Bonchev–Trinajstić information content (AvgIpc) is 2.89. The number of sulfonamides is 1. The van der Waals surface area contributed by atoms with Gasteiger partial charge in [0.15, 0.2) is 6.61 Å². The molecule has 4 aromatic carbocycles. The van der Waals surface area contributed by atoms with E-state index in [1.54, 1.807) is 48.2 Å².